The Morgan fingerprint density at radius 2 is 1.75 bits per heavy atom. The Kier molecular flexibility index (Phi) is 2.86. The average Bonchev–Trinajstić information content (AvgIpc) is 2.73. The Morgan fingerprint density at radius 3 is 2.45 bits per heavy atom. The molecule has 2 aromatic carbocycles. The van der Waals surface area contributed by atoms with Crippen LogP contribution < -0.4 is 4.74 Å². The molecule has 0 bridgehead atoms. The van der Waals surface area contributed by atoms with Crippen LogP contribution in [-0.4, -0.2) is 4.57 Å². The van der Waals surface area contributed by atoms with Gasteiger partial charge in [-0.1, -0.05) is 24.5 Å². The first-order chi connectivity index (χ1) is 9.74. The first kappa shape index (κ1) is 12.2. The van der Waals surface area contributed by atoms with Gasteiger partial charge in [-0.25, -0.2) is 0 Å². The van der Waals surface area contributed by atoms with Gasteiger partial charge in [-0.05, 0) is 30.7 Å². The van der Waals surface area contributed by atoms with E-state index in [1.807, 2.05) is 18.2 Å². The largest absolute Gasteiger partial charge is 0.408 e. The van der Waals surface area contributed by atoms with Crippen molar-refractivity contribution in [2.24, 2.45) is 0 Å². The van der Waals surface area contributed by atoms with Crippen LogP contribution in [0.1, 0.15) is 5.56 Å². The molecule has 0 spiro atoms. The molecule has 96 valence electrons. The fraction of sp³-hybridized carbons (Fsp3) is 0.111. The monoisotopic (exact) mass is 259 g/mol. The molecule has 0 aliphatic rings. The van der Waals surface area contributed by atoms with Crippen LogP contribution in [0.25, 0.3) is 21.8 Å². The minimum atomic E-state index is 0.517. The van der Waals surface area contributed by atoms with Gasteiger partial charge >= 0.3 is 0 Å². The molecular formula is C18H13NO. The summed E-state index contributed by atoms with van der Waals surface area (Å²) in [7, 11) is 0. The van der Waals surface area contributed by atoms with E-state index >= 15 is 0 Å². The quantitative estimate of drug-likeness (QED) is 0.640. The van der Waals surface area contributed by atoms with Gasteiger partial charge in [0.1, 0.15) is 11.9 Å². The van der Waals surface area contributed by atoms with E-state index in [0.717, 1.165) is 16.4 Å². The van der Waals surface area contributed by atoms with Crippen LogP contribution in [0.15, 0.2) is 36.4 Å². The van der Waals surface area contributed by atoms with E-state index in [2.05, 4.69) is 41.7 Å². The zero-order chi connectivity index (χ0) is 14.1. The predicted octanol–water partition coefficient (Wildman–Crippen LogP) is 3.71. The van der Waals surface area contributed by atoms with Crippen molar-refractivity contribution in [3.63, 3.8) is 0 Å². The van der Waals surface area contributed by atoms with Crippen molar-refractivity contribution in [3.8, 4) is 30.6 Å². The fourth-order valence-electron chi connectivity index (χ4n) is 2.58. The van der Waals surface area contributed by atoms with Crippen LogP contribution >= 0.6 is 0 Å². The van der Waals surface area contributed by atoms with Crippen molar-refractivity contribution in [2.75, 3.05) is 0 Å². The Morgan fingerprint density at radius 1 is 1.05 bits per heavy atom. The third kappa shape index (κ3) is 1.79. The summed E-state index contributed by atoms with van der Waals surface area (Å²) in [5, 5.41) is 2.34. The molecule has 1 aromatic heterocycles. The molecule has 0 unspecified atom stereocenters. The molecule has 2 heteroatoms. The van der Waals surface area contributed by atoms with E-state index in [4.69, 9.17) is 17.6 Å². The van der Waals surface area contributed by atoms with E-state index in [1.165, 1.54) is 10.9 Å². The normalized spacial score (nSPS) is 10.3. The maximum atomic E-state index is 5.50. The van der Waals surface area contributed by atoms with Gasteiger partial charge in [0.2, 0.25) is 0 Å². The average molecular weight is 259 g/mol. The summed E-state index contributed by atoms with van der Waals surface area (Å²) in [5.74, 6) is 3.36. The maximum absolute atomic E-state index is 5.50. The topological polar surface area (TPSA) is 14.2 Å². The van der Waals surface area contributed by atoms with Crippen molar-refractivity contribution in [1.82, 2.24) is 4.57 Å². The van der Waals surface area contributed by atoms with Crippen LogP contribution in [0.2, 0.25) is 0 Å². The second-order valence-electron chi connectivity index (χ2n) is 4.71. The van der Waals surface area contributed by atoms with E-state index in [1.54, 1.807) is 0 Å². The fourth-order valence-corrected chi connectivity index (χ4v) is 2.58. The van der Waals surface area contributed by atoms with Gasteiger partial charge in [0.05, 0.1) is 17.6 Å². The smallest absolute Gasteiger partial charge is 0.142 e. The highest BCUT2D eigenvalue weighted by atomic mass is 16.5. The lowest BCUT2D eigenvalue weighted by Gasteiger charge is -2.03. The molecule has 3 aromatic rings. The van der Waals surface area contributed by atoms with Crippen LogP contribution in [0.3, 0.4) is 0 Å². The van der Waals surface area contributed by atoms with Crippen molar-refractivity contribution in [3.05, 3.63) is 42.0 Å². The summed E-state index contributed by atoms with van der Waals surface area (Å²) in [4.78, 5) is 0. The van der Waals surface area contributed by atoms with Gasteiger partial charge in [-0.2, -0.15) is 0 Å². The highest BCUT2D eigenvalue weighted by Gasteiger charge is 2.11. The van der Waals surface area contributed by atoms with Gasteiger partial charge in [-0.15, -0.1) is 6.42 Å². The summed E-state index contributed by atoms with van der Waals surface area (Å²) < 4.78 is 7.24. The second kappa shape index (κ2) is 4.68. The number of ether oxygens (including phenoxy) is 1. The SMILES string of the molecule is C#CCn1c2cc(C)ccc2c2ccc(OC#C)cc21. The van der Waals surface area contributed by atoms with E-state index in [9.17, 15) is 0 Å². The molecule has 2 nitrogen and oxygen atoms in total. The van der Waals surface area contributed by atoms with E-state index < -0.39 is 0 Å². The predicted molar refractivity (Wildman–Crippen MR) is 82.5 cm³/mol. The minimum absolute atomic E-state index is 0.517. The molecule has 0 aliphatic heterocycles. The van der Waals surface area contributed by atoms with Crippen LogP contribution in [-0.2, 0) is 6.54 Å². The Balaban J connectivity index is 2.41. The molecule has 0 atom stereocenters. The molecule has 0 saturated heterocycles. The molecule has 0 saturated carbocycles. The standard InChI is InChI=1S/C18H13NO/c1-4-10-19-17-11-13(3)6-8-15(17)16-9-7-14(20-5-2)12-18(16)19/h1-2,6-9,11-12H,10H2,3H3. The van der Waals surface area contributed by atoms with Crippen molar-refractivity contribution >= 4 is 21.8 Å². The van der Waals surface area contributed by atoms with Gasteiger partial charge in [0.15, 0.2) is 0 Å². The van der Waals surface area contributed by atoms with Crippen molar-refractivity contribution < 1.29 is 4.74 Å². The number of fused-ring (bicyclic) bond motifs is 3. The van der Waals surface area contributed by atoms with Crippen LogP contribution in [0, 0.1) is 31.8 Å². The lowest BCUT2D eigenvalue weighted by molar-refractivity contribution is 0.521. The number of nitrogens with zero attached hydrogens (tertiary/aromatic N) is 1. The number of benzene rings is 2. The number of rotatable bonds is 2. The molecule has 3 rings (SSSR count). The van der Waals surface area contributed by atoms with Gasteiger partial charge in [0.25, 0.3) is 0 Å². The molecule has 0 fully saturated rings. The Bertz CT molecular complexity index is 888. The maximum Gasteiger partial charge on any atom is 0.142 e. The molecule has 0 N–H and O–H groups in total. The second-order valence-corrected chi connectivity index (χ2v) is 4.71. The first-order valence-electron chi connectivity index (χ1n) is 6.33. The molecule has 0 aliphatic carbocycles. The zero-order valence-electron chi connectivity index (χ0n) is 11.2. The summed E-state index contributed by atoms with van der Waals surface area (Å²) in [6.45, 7) is 2.59. The molecule has 20 heavy (non-hydrogen) atoms. The van der Waals surface area contributed by atoms with Crippen LogP contribution in [0.5, 0.6) is 5.75 Å². The molecule has 0 radical (unpaired) electrons. The first-order valence-corrected chi connectivity index (χ1v) is 6.33. The lowest BCUT2D eigenvalue weighted by Crippen LogP contribution is -1.95. The highest BCUT2D eigenvalue weighted by Crippen LogP contribution is 2.32. The number of aromatic nitrogens is 1. The van der Waals surface area contributed by atoms with Crippen molar-refractivity contribution in [2.45, 2.75) is 13.5 Å². The summed E-state index contributed by atoms with van der Waals surface area (Å²) in [5.41, 5.74) is 3.38. The third-order valence-electron chi connectivity index (χ3n) is 3.42. The Labute approximate surface area is 118 Å². The van der Waals surface area contributed by atoms with E-state index in [-0.39, 0.29) is 0 Å². The number of aryl methyl sites for hydroxylation is 1. The van der Waals surface area contributed by atoms with Crippen molar-refractivity contribution in [1.29, 1.82) is 0 Å². The van der Waals surface area contributed by atoms with E-state index in [0.29, 0.717) is 12.3 Å². The summed E-state index contributed by atoms with van der Waals surface area (Å²) in [6.07, 6.45) is 12.9. The zero-order valence-corrected chi connectivity index (χ0v) is 11.2. The van der Waals surface area contributed by atoms with Crippen LogP contribution in [0.4, 0.5) is 0 Å². The van der Waals surface area contributed by atoms with Gasteiger partial charge < -0.3 is 9.30 Å². The summed E-state index contributed by atoms with van der Waals surface area (Å²) in [6, 6.07) is 12.2. The molecule has 1 heterocycles. The molecular weight excluding hydrogens is 246 g/mol. The Hall–Kier alpha value is -2.84. The van der Waals surface area contributed by atoms with Gasteiger partial charge in [0, 0.05) is 16.8 Å². The lowest BCUT2D eigenvalue weighted by atomic mass is 10.1. The van der Waals surface area contributed by atoms with Gasteiger partial charge in [-0.3, -0.25) is 0 Å². The minimum Gasteiger partial charge on any atom is -0.408 e. The molecule has 0 amide bonds. The highest BCUT2D eigenvalue weighted by molar-refractivity contribution is 6.08. The third-order valence-corrected chi connectivity index (χ3v) is 3.42. The number of hydrogen-bond donors (Lipinski definition) is 0. The summed E-state index contributed by atoms with van der Waals surface area (Å²) >= 11 is 0. The number of hydrogen-bond acceptors (Lipinski definition) is 1. The number of terminal acetylenes is 2.